The number of carbonyl (C=O) groups is 1. The summed E-state index contributed by atoms with van der Waals surface area (Å²) in [6.07, 6.45) is 1.10. The first kappa shape index (κ1) is 11.2. The lowest BCUT2D eigenvalue weighted by atomic mass is 10.2. The normalized spacial score (nSPS) is 13.2. The van der Waals surface area contributed by atoms with E-state index >= 15 is 0 Å². The molecular formula is C9H11N3O. The van der Waals surface area contributed by atoms with Gasteiger partial charge in [0, 0.05) is 0 Å². The summed E-state index contributed by atoms with van der Waals surface area (Å²) >= 11 is 0. The highest BCUT2D eigenvalue weighted by Crippen LogP contribution is 2.05. The van der Waals surface area contributed by atoms with Crippen LogP contribution in [0.5, 0.6) is 0 Å². The van der Waals surface area contributed by atoms with Crippen LogP contribution in [0.25, 0.3) is 0 Å². The lowest BCUT2D eigenvalue weighted by Gasteiger charge is -2.25. The van der Waals surface area contributed by atoms with E-state index in [1.54, 1.807) is 13.8 Å². The van der Waals surface area contributed by atoms with Crippen molar-refractivity contribution >= 4 is 5.91 Å². The van der Waals surface area contributed by atoms with Gasteiger partial charge in [-0.1, -0.05) is 6.58 Å². The van der Waals surface area contributed by atoms with Gasteiger partial charge in [-0.25, -0.2) is 0 Å². The molecular weight excluding hydrogens is 166 g/mol. The van der Waals surface area contributed by atoms with Crippen molar-refractivity contribution in [2.45, 2.75) is 25.9 Å². The minimum absolute atomic E-state index is 0.400. The third-order valence-electron chi connectivity index (χ3n) is 1.64. The summed E-state index contributed by atoms with van der Waals surface area (Å²) in [5, 5.41) is 17.2. The summed E-state index contributed by atoms with van der Waals surface area (Å²) in [5.74, 6) is -0.400. The van der Waals surface area contributed by atoms with Crippen molar-refractivity contribution in [3.63, 3.8) is 0 Å². The summed E-state index contributed by atoms with van der Waals surface area (Å²) in [7, 11) is 0. The fourth-order valence-corrected chi connectivity index (χ4v) is 0.947. The molecule has 1 amide bonds. The number of nitriles is 2. The molecule has 0 aliphatic rings. The average molecular weight is 177 g/mol. The van der Waals surface area contributed by atoms with E-state index in [2.05, 4.69) is 6.58 Å². The molecule has 0 saturated carbocycles. The maximum absolute atomic E-state index is 11.2. The lowest BCUT2D eigenvalue weighted by Crippen LogP contribution is -2.42. The van der Waals surface area contributed by atoms with Crippen molar-refractivity contribution < 1.29 is 4.79 Å². The third kappa shape index (κ3) is 2.61. The van der Waals surface area contributed by atoms with Crippen molar-refractivity contribution in [1.82, 2.24) is 4.90 Å². The summed E-state index contributed by atoms with van der Waals surface area (Å²) in [6, 6.07) is 2.58. The van der Waals surface area contributed by atoms with Crippen LogP contribution < -0.4 is 0 Å². The van der Waals surface area contributed by atoms with Crippen molar-refractivity contribution in [1.29, 1.82) is 10.5 Å². The molecule has 0 aromatic heterocycles. The van der Waals surface area contributed by atoms with Crippen molar-refractivity contribution in [2.24, 2.45) is 0 Å². The first-order valence-electron chi connectivity index (χ1n) is 3.82. The van der Waals surface area contributed by atoms with Crippen LogP contribution >= 0.6 is 0 Å². The molecule has 0 N–H and O–H groups in total. The fourth-order valence-electron chi connectivity index (χ4n) is 0.947. The third-order valence-corrected chi connectivity index (χ3v) is 1.64. The Morgan fingerprint density at radius 3 is 2.00 bits per heavy atom. The van der Waals surface area contributed by atoms with Crippen LogP contribution in [-0.4, -0.2) is 22.9 Å². The van der Waals surface area contributed by atoms with Crippen LogP contribution in [0, 0.1) is 22.7 Å². The van der Waals surface area contributed by atoms with Crippen molar-refractivity contribution in [2.75, 3.05) is 0 Å². The highest BCUT2D eigenvalue weighted by molar-refractivity contribution is 5.88. The zero-order valence-electron chi connectivity index (χ0n) is 7.69. The Morgan fingerprint density at radius 2 is 1.77 bits per heavy atom. The number of rotatable bonds is 3. The van der Waals surface area contributed by atoms with E-state index in [-0.39, 0.29) is 0 Å². The van der Waals surface area contributed by atoms with Gasteiger partial charge in [0.25, 0.3) is 0 Å². The summed E-state index contributed by atoms with van der Waals surface area (Å²) in [6.45, 7) is 6.43. The molecule has 13 heavy (non-hydrogen) atoms. The van der Waals surface area contributed by atoms with Gasteiger partial charge in [-0.05, 0) is 19.9 Å². The predicted octanol–water partition coefficient (Wildman–Crippen LogP) is 0.825. The van der Waals surface area contributed by atoms with Gasteiger partial charge in [0.1, 0.15) is 12.1 Å². The summed E-state index contributed by atoms with van der Waals surface area (Å²) < 4.78 is 0. The topological polar surface area (TPSA) is 67.9 Å². The molecule has 0 spiro atoms. The Bertz CT molecular complexity index is 264. The van der Waals surface area contributed by atoms with E-state index in [0.29, 0.717) is 0 Å². The minimum Gasteiger partial charge on any atom is -0.308 e. The standard InChI is InChI=1S/C9H11N3O/c1-4-9(13)12(7(2)5-10)8(3)6-11/h4,7-8H,1H2,2-3H3. The molecule has 0 radical (unpaired) electrons. The summed E-state index contributed by atoms with van der Waals surface area (Å²) in [5.41, 5.74) is 0. The molecule has 2 unspecified atom stereocenters. The number of amides is 1. The monoisotopic (exact) mass is 177 g/mol. The molecule has 0 aliphatic heterocycles. The van der Waals surface area contributed by atoms with E-state index in [9.17, 15) is 4.79 Å². The molecule has 0 aliphatic carbocycles. The predicted molar refractivity (Wildman–Crippen MR) is 47.2 cm³/mol. The fraction of sp³-hybridized carbons (Fsp3) is 0.444. The smallest absolute Gasteiger partial charge is 0.248 e. The lowest BCUT2D eigenvalue weighted by molar-refractivity contribution is -0.128. The second-order valence-electron chi connectivity index (χ2n) is 2.56. The molecule has 4 nitrogen and oxygen atoms in total. The van der Waals surface area contributed by atoms with Crippen molar-refractivity contribution in [3.8, 4) is 12.1 Å². The van der Waals surface area contributed by atoms with Gasteiger partial charge in [-0.2, -0.15) is 10.5 Å². The van der Waals surface area contributed by atoms with E-state index < -0.39 is 18.0 Å². The Labute approximate surface area is 77.7 Å². The molecule has 0 rings (SSSR count). The number of hydrogen-bond acceptors (Lipinski definition) is 3. The van der Waals surface area contributed by atoms with Crippen LogP contribution in [0.4, 0.5) is 0 Å². The second-order valence-corrected chi connectivity index (χ2v) is 2.56. The number of carbonyl (C=O) groups excluding carboxylic acids is 1. The molecule has 0 bridgehead atoms. The van der Waals surface area contributed by atoms with Crippen LogP contribution in [-0.2, 0) is 4.79 Å². The first-order valence-corrected chi connectivity index (χ1v) is 3.82. The van der Waals surface area contributed by atoms with Crippen LogP contribution in [0.2, 0.25) is 0 Å². The molecule has 68 valence electrons. The zero-order valence-corrected chi connectivity index (χ0v) is 7.69. The Kier molecular flexibility index (Phi) is 4.26. The van der Waals surface area contributed by atoms with E-state index in [1.807, 2.05) is 12.1 Å². The van der Waals surface area contributed by atoms with Gasteiger partial charge in [-0.3, -0.25) is 4.79 Å². The zero-order chi connectivity index (χ0) is 10.4. The second kappa shape index (κ2) is 4.95. The quantitative estimate of drug-likeness (QED) is 0.599. The van der Waals surface area contributed by atoms with Crippen LogP contribution in [0.3, 0.4) is 0 Å². The Balaban J connectivity index is 4.79. The molecule has 0 aromatic rings. The van der Waals surface area contributed by atoms with Crippen LogP contribution in [0.1, 0.15) is 13.8 Å². The van der Waals surface area contributed by atoms with E-state index in [4.69, 9.17) is 10.5 Å². The molecule has 0 heterocycles. The summed E-state index contributed by atoms with van der Waals surface area (Å²) in [4.78, 5) is 12.4. The molecule has 4 heteroatoms. The molecule has 2 atom stereocenters. The van der Waals surface area contributed by atoms with Crippen molar-refractivity contribution in [3.05, 3.63) is 12.7 Å². The van der Waals surface area contributed by atoms with Gasteiger partial charge < -0.3 is 4.90 Å². The maximum atomic E-state index is 11.2. The largest absolute Gasteiger partial charge is 0.308 e. The van der Waals surface area contributed by atoms with Gasteiger partial charge >= 0.3 is 0 Å². The Hall–Kier alpha value is -1.81. The van der Waals surface area contributed by atoms with E-state index in [1.165, 1.54) is 4.90 Å². The van der Waals surface area contributed by atoms with Gasteiger partial charge in [0.05, 0.1) is 12.1 Å². The van der Waals surface area contributed by atoms with Gasteiger partial charge in [-0.15, -0.1) is 0 Å². The maximum Gasteiger partial charge on any atom is 0.248 e. The highest BCUT2D eigenvalue weighted by Gasteiger charge is 2.22. The average Bonchev–Trinajstić information content (AvgIpc) is 2.16. The molecule has 0 fully saturated rings. The van der Waals surface area contributed by atoms with Gasteiger partial charge in [0.2, 0.25) is 5.91 Å². The minimum atomic E-state index is -0.611. The van der Waals surface area contributed by atoms with E-state index in [0.717, 1.165) is 6.08 Å². The SMILES string of the molecule is C=CC(=O)N(C(C)C#N)C(C)C#N. The molecule has 0 aromatic carbocycles. The highest BCUT2D eigenvalue weighted by atomic mass is 16.2. The van der Waals surface area contributed by atoms with Crippen LogP contribution in [0.15, 0.2) is 12.7 Å². The van der Waals surface area contributed by atoms with Gasteiger partial charge in [0.15, 0.2) is 0 Å². The number of hydrogen-bond donors (Lipinski definition) is 0. The first-order chi connectivity index (χ1) is 6.08. The Morgan fingerprint density at radius 1 is 1.38 bits per heavy atom. The molecule has 0 saturated heterocycles. The number of nitrogens with zero attached hydrogens (tertiary/aromatic N) is 3.